The van der Waals surface area contributed by atoms with Gasteiger partial charge in [0.05, 0.1) is 5.92 Å². The Morgan fingerprint density at radius 1 is 1.46 bits per heavy atom. The SMILES string of the molecule is CC12CCN(CC1)CC2C(=O)O.Cl. The summed E-state index contributed by atoms with van der Waals surface area (Å²) < 4.78 is 0. The first-order valence-corrected chi connectivity index (χ1v) is 4.57. The number of hydrogen-bond donors (Lipinski definition) is 1. The Morgan fingerprint density at radius 2 is 2.00 bits per heavy atom. The van der Waals surface area contributed by atoms with E-state index >= 15 is 0 Å². The topological polar surface area (TPSA) is 40.5 Å². The van der Waals surface area contributed by atoms with Crippen LogP contribution in [-0.2, 0) is 4.79 Å². The molecule has 0 aromatic carbocycles. The zero-order valence-corrected chi connectivity index (χ0v) is 8.64. The zero-order chi connectivity index (χ0) is 8.77. The van der Waals surface area contributed by atoms with Crippen LogP contribution in [0, 0.1) is 11.3 Å². The lowest BCUT2D eigenvalue weighted by Crippen LogP contribution is -2.55. The highest BCUT2D eigenvalue weighted by Crippen LogP contribution is 2.43. The van der Waals surface area contributed by atoms with E-state index in [1.807, 2.05) is 0 Å². The van der Waals surface area contributed by atoms with E-state index in [0.717, 1.165) is 32.5 Å². The van der Waals surface area contributed by atoms with Gasteiger partial charge in [0.1, 0.15) is 0 Å². The van der Waals surface area contributed by atoms with Gasteiger partial charge in [-0.15, -0.1) is 12.4 Å². The minimum Gasteiger partial charge on any atom is -0.481 e. The van der Waals surface area contributed by atoms with Crippen LogP contribution in [0.25, 0.3) is 0 Å². The number of piperidine rings is 3. The number of fused-ring (bicyclic) bond motifs is 3. The second kappa shape index (κ2) is 3.46. The third kappa shape index (κ3) is 1.67. The molecule has 1 unspecified atom stereocenters. The van der Waals surface area contributed by atoms with Crippen molar-refractivity contribution in [3.05, 3.63) is 0 Å². The molecule has 2 bridgehead atoms. The summed E-state index contributed by atoms with van der Waals surface area (Å²) in [5.41, 5.74) is 0.0839. The monoisotopic (exact) mass is 205 g/mol. The highest BCUT2D eigenvalue weighted by molar-refractivity contribution is 5.85. The van der Waals surface area contributed by atoms with Gasteiger partial charge in [0.2, 0.25) is 0 Å². The third-order valence-corrected chi connectivity index (χ3v) is 3.58. The summed E-state index contributed by atoms with van der Waals surface area (Å²) in [6, 6.07) is 0. The highest BCUT2D eigenvalue weighted by Gasteiger charge is 2.46. The number of halogens is 1. The molecular weight excluding hydrogens is 190 g/mol. The quantitative estimate of drug-likeness (QED) is 0.700. The van der Waals surface area contributed by atoms with Gasteiger partial charge in [0.15, 0.2) is 0 Å². The van der Waals surface area contributed by atoms with Gasteiger partial charge < -0.3 is 10.0 Å². The smallest absolute Gasteiger partial charge is 0.308 e. The van der Waals surface area contributed by atoms with E-state index in [2.05, 4.69) is 11.8 Å². The summed E-state index contributed by atoms with van der Waals surface area (Å²) in [6.45, 7) is 5.09. The molecule has 0 aliphatic carbocycles. The molecule has 3 heterocycles. The molecule has 1 N–H and O–H groups in total. The number of aliphatic carboxylic acids is 1. The fourth-order valence-corrected chi connectivity index (χ4v) is 2.45. The molecule has 1 atom stereocenters. The maximum absolute atomic E-state index is 10.9. The molecule has 76 valence electrons. The first kappa shape index (κ1) is 10.8. The van der Waals surface area contributed by atoms with Crippen molar-refractivity contribution in [2.24, 2.45) is 11.3 Å². The predicted octanol–water partition coefficient (Wildman–Crippen LogP) is 1.22. The molecule has 3 aliphatic heterocycles. The molecule has 3 nitrogen and oxygen atoms in total. The number of hydrogen-bond acceptors (Lipinski definition) is 2. The summed E-state index contributed by atoms with van der Waals surface area (Å²) in [6.07, 6.45) is 2.12. The van der Waals surface area contributed by atoms with Crippen LogP contribution in [0.2, 0.25) is 0 Å². The Hall–Kier alpha value is -0.280. The maximum Gasteiger partial charge on any atom is 0.308 e. The van der Waals surface area contributed by atoms with E-state index in [0.29, 0.717) is 0 Å². The minimum absolute atomic E-state index is 0. The average molecular weight is 206 g/mol. The fourth-order valence-electron chi connectivity index (χ4n) is 2.45. The van der Waals surface area contributed by atoms with Crippen LogP contribution < -0.4 is 0 Å². The van der Waals surface area contributed by atoms with Gasteiger partial charge in [-0.05, 0) is 31.3 Å². The first-order valence-electron chi connectivity index (χ1n) is 4.57. The molecule has 13 heavy (non-hydrogen) atoms. The molecule has 0 amide bonds. The summed E-state index contributed by atoms with van der Waals surface area (Å²) in [5, 5.41) is 9.00. The average Bonchev–Trinajstić information content (AvgIpc) is 2.04. The number of carboxylic acid groups (broad SMARTS) is 1. The Labute approximate surface area is 84.5 Å². The second-order valence-corrected chi connectivity index (χ2v) is 4.35. The lowest BCUT2D eigenvalue weighted by atomic mass is 9.66. The molecule has 0 saturated carbocycles. The van der Waals surface area contributed by atoms with Crippen molar-refractivity contribution in [2.45, 2.75) is 19.8 Å². The van der Waals surface area contributed by atoms with Crippen LogP contribution in [0.4, 0.5) is 0 Å². The summed E-state index contributed by atoms with van der Waals surface area (Å²) in [4.78, 5) is 13.2. The van der Waals surface area contributed by atoms with Crippen molar-refractivity contribution in [3.8, 4) is 0 Å². The van der Waals surface area contributed by atoms with Gasteiger partial charge in [-0.1, -0.05) is 6.92 Å². The van der Waals surface area contributed by atoms with Crippen molar-refractivity contribution in [1.82, 2.24) is 4.90 Å². The summed E-state index contributed by atoms with van der Waals surface area (Å²) in [5.74, 6) is -0.734. The van der Waals surface area contributed by atoms with Crippen LogP contribution in [0.1, 0.15) is 19.8 Å². The van der Waals surface area contributed by atoms with E-state index in [9.17, 15) is 4.79 Å². The Kier molecular flexibility index (Phi) is 2.88. The van der Waals surface area contributed by atoms with Crippen LogP contribution >= 0.6 is 12.4 Å². The maximum atomic E-state index is 10.9. The lowest BCUT2D eigenvalue weighted by Gasteiger charge is -2.50. The van der Waals surface area contributed by atoms with E-state index in [-0.39, 0.29) is 23.7 Å². The molecule has 0 aromatic heterocycles. The van der Waals surface area contributed by atoms with E-state index in [4.69, 9.17) is 5.11 Å². The molecule has 4 heteroatoms. The molecule has 3 rings (SSSR count). The van der Waals surface area contributed by atoms with Crippen LogP contribution in [0.3, 0.4) is 0 Å². The van der Waals surface area contributed by atoms with Gasteiger partial charge in [0, 0.05) is 6.54 Å². The summed E-state index contributed by atoms with van der Waals surface area (Å²) in [7, 11) is 0. The largest absolute Gasteiger partial charge is 0.481 e. The highest BCUT2D eigenvalue weighted by atomic mass is 35.5. The van der Waals surface area contributed by atoms with Gasteiger partial charge >= 0.3 is 5.97 Å². The Balaban J connectivity index is 0.000000845. The second-order valence-electron chi connectivity index (χ2n) is 4.35. The fraction of sp³-hybridized carbons (Fsp3) is 0.889. The van der Waals surface area contributed by atoms with Crippen molar-refractivity contribution in [1.29, 1.82) is 0 Å². The van der Waals surface area contributed by atoms with Crippen molar-refractivity contribution in [2.75, 3.05) is 19.6 Å². The van der Waals surface area contributed by atoms with Gasteiger partial charge in [0.25, 0.3) is 0 Å². The van der Waals surface area contributed by atoms with Crippen LogP contribution in [-0.4, -0.2) is 35.6 Å². The Morgan fingerprint density at radius 3 is 2.31 bits per heavy atom. The standard InChI is InChI=1S/C9H15NO2.ClH/c1-9-2-4-10(5-3-9)6-7(9)8(11)12;/h7H,2-6H2,1H3,(H,11,12);1H. The molecule has 3 fully saturated rings. The van der Waals surface area contributed by atoms with Crippen LogP contribution in [0.15, 0.2) is 0 Å². The third-order valence-electron chi connectivity index (χ3n) is 3.58. The number of nitrogens with zero attached hydrogens (tertiary/aromatic N) is 1. The molecule has 3 saturated heterocycles. The molecule has 0 radical (unpaired) electrons. The first-order chi connectivity index (χ1) is 5.62. The van der Waals surface area contributed by atoms with E-state index in [1.165, 1.54) is 0 Å². The van der Waals surface area contributed by atoms with Gasteiger partial charge in [-0.2, -0.15) is 0 Å². The Bertz CT molecular complexity index is 212. The zero-order valence-electron chi connectivity index (χ0n) is 7.82. The van der Waals surface area contributed by atoms with Crippen LogP contribution in [0.5, 0.6) is 0 Å². The van der Waals surface area contributed by atoms with Crippen molar-refractivity contribution < 1.29 is 9.90 Å². The van der Waals surface area contributed by atoms with Gasteiger partial charge in [-0.25, -0.2) is 0 Å². The van der Waals surface area contributed by atoms with Gasteiger partial charge in [-0.3, -0.25) is 4.79 Å². The lowest BCUT2D eigenvalue weighted by molar-refractivity contribution is -0.154. The number of carboxylic acids is 1. The van der Waals surface area contributed by atoms with E-state index in [1.54, 1.807) is 0 Å². The normalized spacial score (nSPS) is 42.5. The predicted molar refractivity (Wildman–Crippen MR) is 52.2 cm³/mol. The number of carbonyl (C=O) groups is 1. The van der Waals surface area contributed by atoms with E-state index < -0.39 is 5.97 Å². The molecule has 0 aromatic rings. The molecular formula is C9H16ClNO2. The summed E-state index contributed by atoms with van der Waals surface area (Å²) >= 11 is 0. The number of rotatable bonds is 1. The minimum atomic E-state index is -0.609. The van der Waals surface area contributed by atoms with Crippen molar-refractivity contribution in [3.63, 3.8) is 0 Å². The molecule has 3 aliphatic rings. The molecule has 0 spiro atoms. The van der Waals surface area contributed by atoms with Crippen molar-refractivity contribution >= 4 is 18.4 Å².